The van der Waals surface area contributed by atoms with E-state index in [9.17, 15) is 39.9 Å². The van der Waals surface area contributed by atoms with Gasteiger partial charge in [-0.2, -0.15) is 0 Å². The molecular weight excluding hydrogens is 495 g/mol. The monoisotopic (exact) mass is 532 g/mol. The second kappa shape index (κ2) is 18.0. The first-order chi connectivity index (χ1) is 17.2. The summed E-state index contributed by atoms with van der Waals surface area (Å²) in [6.07, 6.45) is -0.587. The lowest BCUT2D eigenvalue weighted by Gasteiger charge is -2.34. The van der Waals surface area contributed by atoms with Gasteiger partial charge < -0.3 is 45.2 Å². The molecule has 2 aromatic carbocycles. The summed E-state index contributed by atoms with van der Waals surface area (Å²) < 4.78 is 11.7. The predicted octanol–water partition coefficient (Wildman–Crippen LogP) is -0.194. The molecule has 12 nitrogen and oxygen atoms in total. The Bertz CT molecular complexity index is 928. The van der Waals surface area contributed by atoms with Crippen molar-refractivity contribution in [2.45, 2.75) is 25.7 Å². The van der Waals surface area contributed by atoms with E-state index < -0.39 is 19.9 Å². The number of benzene rings is 2. The molecule has 0 spiro atoms. The van der Waals surface area contributed by atoms with Crippen molar-refractivity contribution in [3.8, 4) is 11.5 Å². The Morgan fingerprint density at radius 1 is 0.917 bits per heavy atom. The summed E-state index contributed by atoms with van der Waals surface area (Å²) in [5.74, 6) is -0.0233. The van der Waals surface area contributed by atoms with Crippen molar-refractivity contribution in [3.63, 3.8) is 0 Å². The predicted molar refractivity (Wildman–Crippen MR) is 133 cm³/mol. The highest BCUT2D eigenvalue weighted by Crippen LogP contribution is 2.36. The topological polar surface area (TPSA) is 202 Å². The Labute approximate surface area is 210 Å². The molecule has 1 atom stereocenters. The highest BCUT2D eigenvalue weighted by molar-refractivity contribution is 7.51. The van der Waals surface area contributed by atoms with Crippen molar-refractivity contribution in [1.82, 2.24) is 9.80 Å². The van der Waals surface area contributed by atoms with Crippen LogP contribution in [0.1, 0.15) is 16.7 Å². The molecule has 8 N–H and O–H groups in total. The van der Waals surface area contributed by atoms with Crippen LogP contribution in [-0.2, 0) is 29.1 Å². The molecule has 2 rings (SSSR count). The van der Waals surface area contributed by atoms with Gasteiger partial charge in [0.15, 0.2) is 0 Å². The Hall–Kier alpha value is -2.38. The summed E-state index contributed by atoms with van der Waals surface area (Å²) in [5, 5.41) is 56.2. The normalized spacial score (nSPS) is 11.9. The average molecular weight is 533 g/mol. The molecular formula is C23H37N2O10P. The van der Waals surface area contributed by atoms with Gasteiger partial charge in [0.1, 0.15) is 24.6 Å². The fourth-order valence-corrected chi connectivity index (χ4v) is 4.24. The highest BCUT2D eigenvalue weighted by Gasteiger charge is 2.26. The van der Waals surface area contributed by atoms with Gasteiger partial charge >= 0.3 is 7.60 Å². The Morgan fingerprint density at radius 3 is 2.06 bits per heavy atom. The van der Waals surface area contributed by atoms with Crippen LogP contribution >= 0.6 is 7.60 Å². The lowest BCUT2D eigenvalue weighted by molar-refractivity contribution is -0.0980. The lowest BCUT2D eigenvalue weighted by atomic mass is 10.1. The number of rotatable bonds is 13. The molecule has 0 fully saturated rings. The van der Waals surface area contributed by atoms with E-state index in [4.69, 9.17) is 9.90 Å². The zero-order valence-electron chi connectivity index (χ0n) is 20.2. The summed E-state index contributed by atoms with van der Waals surface area (Å²) in [6, 6.07) is 10.4. The van der Waals surface area contributed by atoms with Crippen LogP contribution in [-0.4, -0.2) is 103 Å². The van der Waals surface area contributed by atoms with Gasteiger partial charge in [0.25, 0.3) is 0 Å². The van der Waals surface area contributed by atoms with Gasteiger partial charge in [-0.1, -0.05) is 24.3 Å². The van der Waals surface area contributed by atoms with Crippen molar-refractivity contribution >= 4 is 14.4 Å². The SMILES string of the molecule is C=O.CO.O=P(O)(O)CN(Cc1ccccc1O)CC(CO)N(CCO)Cc1cc(CO)ccc1O. The molecule has 13 heteroatoms. The summed E-state index contributed by atoms with van der Waals surface area (Å²) in [6.45, 7) is 1.49. The van der Waals surface area contributed by atoms with Crippen LogP contribution in [0.2, 0.25) is 0 Å². The summed E-state index contributed by atoms with van der Waals surface area (Å²) in [7, 11) is -3.44. The van der Waals surface area contributed by atoms with Crippen LogP contribution in [0.15, 0.2) is 42.5 Å². The molecule has 0 aromatic heterocycles. The van der Waals surface area contributed by atoms with Crippen molar-refractivity contribution < 1.29 is 49.8 Å². The number of aromatic hydroxyl groups is 2. The van der Waals surface area contributed by atoms with Gasteiger partial charge in [0, 0.05) is 50.5 Å². The van der Waals surface area contributed by atoms with E-state index in [2.05, 4.69) is 0 Å². The Morgan fingerprint density at radius 2 is 1.53 bits per heavy atom. The summed E-state index contributed by atoms with van der Waals surface area (Å²) in [4.78, 5) is 30.2. The highest BCUT2D eigenvalue weighted by atomic mass is 31.2. The molecule has 0 radical (unpaired) electrons. The molecule has 0 bridgehead atoms. The van der Waals surface area contributed by atoms with E-state index in [0.717, 1.165) is 7.11 Å². The average Bonchev–Trinajstić information content (AvgIpc) is 2.86. The quantitative estimate of drug-likeness (QED) is 0.158. The first kappa shape index (κ1) is 33.6. The van der Waals surface area contributed by atoms with Gasteiger partial charge in [-0.05, 0) is 23.8 Å². The van der Waals surface area contributed by atoms with Crippen molar-refractivity contribution in [1.29, 1.82) is 0 Å². The van der Waals surface area contributed by atoms with Crippen LogP contribution < -0.4 is 0 Å². The lowest BCUT2D eigenvalue weighted by Crippen LogP contribution is -2.47. The maximum Gasteiger partial charge on any atom is 0.339 e. The molecule has 1 unspecified atom stereocenters. The third-order valence-electron chi connectivity index (χ3n) is 5.05. The molecule has 0 heterocycles. The van der Waals surface area contributed by atoms with Crippen LogP contribution in [0.3, 0.4) is 0 Å². The molecule has 0 amide bonds. The molecule has 0 aliphatic carbocycles. The third kappa shape index (κ3) is 12.0. The number of phenols is 2. The fourth-order valence-electron chi connectivity index (χ4n) is 3.51. The number of carbonyl (C=O) groups is 1. The standard InChI is InChI=1S/C21H31N2O8P.CH4O.CH2O/c24-8-7-23(11-18-9-16(13-25)5-6-21(18)28)19(14-26)12-22(15-32(29,30)31)10-17-3-1-2-4-20(17)27;2*1-2/h1-6,9,19,24-28H,7-8,10-15H2,(H2,29,30,31);2H,1H3;1H2. The van der Waals surface area contributed by atoms with E-state index in [0.29, 0.717) is 16.7 Å². The van der Waals surface area contributed by atoms with Crippen LogP contribution in [0.25, 0.3) is 0 Å². The number of para-hydroxylation sites is 1. The zero-order chi connectivity index (χ0) is 27.7. The molecule has 2 aromatic rings. The van der Waals surface area contributed by atoms with Gasteiger partial charge in [-0.25, -0.2) is 0 Å². The largest absolute Gasteiger partial charge is 0.508 e. The Balaban J connectivity index is 0.00000291. The van der Waals surface area contributed by atoms with Crippen LogP contribution in [0, 0.1) is 0 Å². The minimum absolute atomic E-state index is 0.0110. The minimum atomic E-state index is -4.44. The van der Waals surface area contributed by atoms with Crippen LogP contribution in [0.4, 0.5) is 0 Å². The van der Waals surface area contributed by atoms with Crippen molar-refractivity contribution in [2.24, 2.45) is 0 Å². The number of aliphatic hydroxyl groups is 4. The molecule has 0 saturated carbocycles. The molecule has 0 saturated heterocycles. The molecule has 0 aliphatic rings. The first-order valence-corrected chi connectivity index (χ1v) is 12.6. The van der Waals surface area contributed by atoms with Gasteiger partial charge in [-0.15, -0.1) is 0 Å². The summed E-state index contributed by atoms with van der Waals surface area (Å²) in [5.41, 5.74) is 1.54. The number of carbonyl (C=O) groups excluding carboxylic acids is 1. The van der Waals surface area contributed by atoms with Gasteiger partial charge in [-0.3, -0.25) is 14.4 Å². The second-order valence-electron chi connectivity index (χ2n) is 7.60. The zero-order valence-corrected chi connectivity index (χ0v) is 21.1. The molecule has 204 valence electrons. The number of hydrogen-bond acceptors (Lipinski definition) is 10. The maximum atomic E-state index is 11.7. The number of aliphatic hydroxyl groups excluding tert-OH is 4. The van der Waals surface area contributed by atoms with E-state index in [-0.39, 0.29) is 57.5 Å². The molecule has 36 heavy (non-hydrogen) atoms. The smallest absolute Gasteiger partial charge is 0.339 e. The fraction of sp³-hybridized carbons (Fsp3) is 0.435. The van der Waals surface area contributed by atoms with E-state index in [1.165, 1.54) is 17.0 Å². The van der Waals surface area contributed by atoms with E-state index >= 15 is 0 Å². The minimum Gasteiger partial charge on any atom is -0.508 e. The van der Waals surface area contributed by atoms with Gasteiger partial charge in [0.05, 0.1) is 19.8 Å². The number of phenolic OH excluding ortho intramolecular Hbond substituents is 2. The number of nitrogens with zero attached hydrogens (tertiary/aromatic N) is 2. The van der Waals surface area contributed by atoms with Gasteiger partial charge in [0.2, 0.25) is 0 Å². The maximum absolute atomic E-state index is 11.7. The first-order valence-electron chi connectivity index (χ1n) is 10.8. The van der Waals surface area contributed by atoms with E-state index in [1.54, 1.807) is 35.2 Å². The Kier molecular flexibility index (Phi) is 16.8. The molecule has 0 aliphatic heterocycles. The van der Waals surface area contributed by atoms with Crippen molar-refractivity contribution in [2.75, 3.05) is 39.7 Å². The van der Waals surface area contributed by atoms with E-state index in [1.807, 2.05) is 6.79 Å². The van der Waals surface area contributed by atoms with Crippen molar-refractivity contribution in [3.05, 3.63) is 59.2 Å². The summed E-state index contributed by atoms with van der Waals surface area (Å²) >= 11 is 0. The third-order valence-corrected chi connectivity index (χ3v) is 5.82. The van der Waals surface area contributed by atoms with Crippen LogP contribution in [0.5, 0.6) is 11.5 Å². The number of hydrogen-bond donors (Lipinski definition) is 8. The second-order valence-corrected chi connectivity index (χ2v) is 9.21.